The number of ketones is 1. The number of hydrogen-bond donors (Lipinski definition) is 0. The maximum atomic E-state index is 13.4. The van der Waals surface area contributed by atoms with Crippen molar-refractivity contribution in [3.8, 4) is 0 Å². The van der Waals surface area contributed by atoms with Crippen molar-refractivity contribution in [3.63, 3.8) is 0 Å². The minimum atomic E-state index is -0.459. The highest BCUT2D eigenvalue weighted by Gasteiger charge is 2.21. The van der Waals surface area contributed by atoms with Crippen molar-refractivity contribution < 1.29 is 9.18 Å². The van der Waals surface area contributed by atoms with Gasteiger partial charge in [-0.05, 0) is 50.9 Å². The normalized spacial score (nSPS) is 10.7. The Morgan fingerprint density at radius 1 is 1.44 bits per heavy atom. The lowest BCUT2D eigenvalue weighted by molar-refractivity contribution is 0.102. The zero-order chi connectivity index (χ0) is 13.3. The van der Waals surface area contributed by atoms with Crippen molar-refractivity contribution >= 4 is 37.6 Å². The van der Waals surface area contributed by atoms with Gasteiger partial charge >= 0.3 is 0 Å². The number of carbonyl (C=O) groups is 1. The first kappa shape index (κ1) is 13.4. The highest BCUT2D eigenvalue weighted by Crippen LogP contribution is 2.26. The average molecular weight is 376 g/mol. The van der Waals surface area contributed by atoms with Crippen molar-refractivity contribution in [1.82, 2.24) is 9.78 Å². The molecule has 0 fully saturated rings. The molecular weight excluding hydrogens is 367 g/mol. The third-order valence-electron chi connectivity index (χ3n) is 2.51. The van der Waals surface area contributed by atoms with E-state index in [0.717, 1.165) is 0 Å². The second-order valence-electron chi connectivity index (χ2n) is 3.59. The largest absolute Gasteiger partial charge is 0.287 e. The van der Waals surface area contributed by atoms with Crippen LogP contribution >= 0.6 is 31.9 Å². The summed E-state index contributed by atoms with van der Waals surface area (Å²) in [6.07, 6.45) is 1.56. The summed E-state index contributed by atoms with van der Waals surface area (Å²) in [5.74, 6) is -0.730. The summed E-state index contributed by atoms with van der Waals surface area (Å²) >= 11 is 6.38. The van der Waals surface area contributed by atoms with Crippen LogP contribution in [0.1, 0.15) is 23.0 Å². The van der Waals surface area contributed by atoms with Gasteiger partial charge in [0.1, 0.15) is 11.5 Å². The molecule has 6 heteroatoms. The summed E-state index contributed by atoms with van der Waals surface area (Å²) in [5.41, 5.74) is 0.703. The van der Waals surface area contributed by atoms with Crippen LogP contribution in [0.3, 0.4) is 0 Å². The van der Waals surface area contributed by atoms with E-state index in [1.807, 2.05) is 6.92 Å². The summed E-state index contributed by atoms with van der Waals surface area (Å²) in [6, 6.07) is 4.38. The Kier molecular flexibility index (Phi) is 3.97. The Morgan fingerprint density at radius 3 is 2.83 bits per heavy atom. The molecule has 2 aromatic rings. The number of halogens is 3. The molecule has 0 saturated heterocycles. The summed E-state index contributed by atoms with van der Waals surface area (Å²) in [7, 11) is 0. The smallest absolute Gasteiger partial charge is 0.213 e. The molecule has 0 atom stereocenters. The molecule has 0 amide bonds. The second-order valence-corrected chi connectivity index (χ2v) is 5.23. The minimum absolute atomic E-state index is 0.172. The zero-order valence-corrected chi connectivity index (χ0v) is 12.6. The van der Waals surface area contributed by atoms with Gasteiger partial charge in [0.05, 0.1) is 15.1 Å². The zero-order valence-electron chi connectivity index (χ0n) is 9.45. The van der Waals surface area contributed by atoms with Crippen LogP contribution < -0.4 is 0 Å². The van der Waals surface area contributed by atoms with Crippen LogP contribution in [0.25, 0.3) is 0 Å². The fraction of sp³-hybridized carbons (Fsp3) is 0.167. The van der Waals surface area contributed by atoms with Gasteiger partial charge in [-0.25, -0.2) is 4.39 Å². The van der Waals surface area contributed by atoms with Crippen LogP contribution in [0.15, 0.2) is 33.3 Å². The fourth-order valence-electron chi connectivity index (χ4n) is 1.63. The van der Waals surface area contributed by atoms with Crippen LogP contribution in [0.5, 0.6) is 0 Å². The van der Waals surface area contributed by atoms with Gasteiger partial charge in [0.25, 0.3) is 0 Å². The topological polar surface area (TPSA) is 34.9 Å². The van der Waals surface area contributed by atoms with E-state index >= 15 is 0 Å². The van der Waals surface area contributed by atoms with Gasteiger partial charge < -0.3 is 0 Å². The molecule has 1 aromatic carbocycles. The van der Waals surface area contributed by atoms with E-state index in [4.69, 9.17) is 0 Å². The molecule has 1 aromatic heterocycles. The molecule has 1 heterocycles. The Morgan fingerprint density at radius 2 is 2.17 bits per heavy atom. The second kappa shape index (κ2) is 5.32. The molecule has 0 aliphatic heterocycles. The van der Waals surface area contributed by atoms with E-state index < -0.39 is 5.82 Å². The van der Waals surface area contributed by atoms with Crippen molar-refractivity contribution in [2.75, 3.05) is 0 Å². The summed E-state index contributed by atoms with van der Waals surface area (Å²) in [6.45, 7) is 2.45. The van der Waals surface area contributed by atoms with E-state index in [0.29, 0.717) is 16.7 Å². The van der Waals surface area contributed by atoms with E-state index in [9.17, 15) is 9.18 Å². The molecule has 0 aliphatic carbocycles. The Hall–Kier alpha value is -1.01. The highest BCUT2D eigenvalue weighted by atomic mass is 79.9. The van der Waals surface area contributed by atoms with Gasteiger partial charge in [0, 0.05) is 12.1 Å². The van der Waals surface area contributed by atoms with Crippen LogP contribution in [0.4, 0.5) is 4.39 Å². The monoisotopic (exact) mass is 374 g/mol. The molecule has 94 valence electrons. The molecule has 18 heavy (non-hydrogen) atoms. The molecule has 3 nitrogen and oxygen atoms in total. The van der Waals surface area contributed by atoms with Crippen LogP contribution in [-0.4, -0.2) is 15.6 Å². The van der Waals surface area contributed by atoms with E-state index in [-0.39, 0.29) is 15.8 Å². The SMILES string of the molecule is CCn1ncc(Br)c1C(=O)c1cccc(F)c1Br. The summed E-state index contributed by atoms with van der Waals surface area (Å²) in [4.78, 5) is 12.4. The van der Waals surface area contributed by atoms with Gasteiger partial charge in [0.2, 0.25) is 5.78 Å². The number of carbonyl (C=O) groups excluding carboxylic acids is 1. The molecule has 0 bridgehead atoms. The first-order chi connectivity index (χ1) is 8.56. The van der Waals surface area contributed by atoms with Crippen LogP contribution in [0.2, 0.25) is 0 Å². The lowest BCUT2D eigenvalue weighted by Gasteiger charge is -2.07. The number of aryl methyl sites for hydroxylation is 1. The maximum absolute atomic E-state index is 13.4. The number of hydrogen-bond acceptors (Lipinski definition) is 2. The van der Waals surface area contributed by atoms with Gasteiger partial charge in [-0.3, -0.25) is 9.48 Å². The number of rotatable bonds is 3. The van der Waals surface area contributed by atoms with E-state index in [2.05, 4.69) is 37.0 Å². The van der Waals surface area contributed by atoms with Crippen molar-refractivity contribution in [1.29, 1.82) is 0 Å². The third-order valence-corrected chi connectivity index (χ3v) is 3.89. The van der Waals surface area contributed by atoms with Gasteiger partial charge in [-0.1, -0.05) is 6.07 Å². The minimum Gasteiger partial charge on any atom is -0.287 e. The molecule has 2 rings (SSSR count). The number of nitrogens with zero attached hydrogens (tertiary/aromatic N) is 2. The Labute approximate surface area is 120 Å². The van der Waals surface area contributed by atoms with Crippen molar-refractivity contribution in [2.45, 2.75) is 13.5 Å². The quantitative estimate of drug-likeness (QED) is 0.765. The first-order valence-corrected chi connectivity index (χ1v) is 6.84. The standard InChI is InChI=1S/C12H9Br2FN2O/c1-2-17-11(8(13)6-16-17)12(18)7-4-3-5-9(15)10(7)14/h3-6H,2H2,1H3. The molecular formula is C12H9Br2FN2O. The predicted molar refractivity (Wildman–Crippen MR) is 73.1 cm³/mol. The maximum Gasteiger partial charge on any atom is 0.213 e. The summed E-state index contributed by atoms with van der Waals surface area (Å²) < 4.78 is 15.8. The molecule has 0 spiro atoms. The Bertz CT molecular complexity index is 610. The van der Waals surface area contributed by atoms with Gasteiger partial charge in [0.15, 0.2) is 0 Å². The van der Waals surface area contributed by atoms with Crippen molar-refractivity contribution in [2.24, 2.45) is 0 Å². The molecule has 0 saturated carbocycles. The lowest BCUT2D eigenvalue weighted by atomic mass is 10.1. The van der Waals surface area contributed by atoms with Crippen LogP contribution in [-0.2, 0) is 6.54 Å². The molecule has 0 aliphatic rings. The highest BCUT2D eigenvalue weighted by molar-refractivity contribution is 9.11. The average Bonchev–Trinajstić information content (AvgIpc) is 2.73. The molecule has 0 radical (unpaired) electrons. The number of benzene rings is 1. The first-order valence-electron chi connectivity index (χ1n) is 5.26. The van der Waals surface area contributed by atoms with Gasteiger partial charge in [-0.2, -0.15) is 5.10 Å². The molecule has 0 unspecified atom stereocenters. The lowest BCUT2D eigenvalue weighted by Crippen LogP contribution is -2.12. The van der Waals surface area contributed by atoms with Crippen molar-refractivity contribution in [3.05, 3.63) is 50.4 Å². The van der Waals surface area contributed by atoms with Gasteiger partial charge in [-0.15, -0.1) is 0 Å². The number of aromatic nitrogens is 2. The fourth-order valence-corrected chi connectivity index (χ4v) is 2.56. The molecule has 0 N–H and O–H groups in total. The predicted octanol–water partition coefficient (Wildman–Crippen LogP) is 3.80. The van der Waals surface area contributed by atoms with E-state index in [1.165, 1.54) is 12.1 Å². The third kappa shape index (κ3) is 2.27. The summed E-state index contributed by atoms with van der Waals surface area (Å²) in [5, 5.41) is 4.07. The Balaban J connectivity index is 2.55. The van der Waals surface area contributed by atoms with E-state index in [1.54, 1.807) is 16.9 Å². The van der Waals surface area contributed by atoms with Crippen LogP contribution in [0, 0.1) is 5.82 Å².